The number of hydrogen-bond acceptors (Lipinski definition) is 5. The highest BCUT2D eigenvalue weighted by molar-refractivity contribution is 6.01. The fourth-order valence-electron chi connectivity index (χ4n) is 2.64. The van der Waals surface area contributed by atoms with E-state index in [-0.39, 0.29) is 11.5 Å². The molecule has 0 fully saturated rings. The third kappa shape index (κ3) is 5.71. The highest BCUT2D eigenvalue weighted by Crippen LogP contribution is 2.35. The van der Waals surface area contributed by atoms with E-state index in [1.807, 2.05) is 0 Å². The van der Waals surface area contributed by atoms with Crippen LogP contribution in [0.25, 0.3) is 0 Å². The van der Waals surface area contributed by atoms with Crippen molar-refractivity contribution in [2.24, 2.45) is 11.8 Å². The van der Waals surface area contributed by atoms with Gasteiger partial charge in [-0.15, -0.1) is 0 Å². The first-order valence-electron chi connectivity index (χ1n) is 8.73. The SMILES string of the molecule is C[C@@H]1C(C(=O)N(C)C)=CC=C(C(=O)OC(C)(C)C)[C@H]1C(=O)OC(C)(C)C. The van der Waals surface area contributed by atoms with Crippen LogP contribution in [0.2, 0.25) is 0 Å². The van der Waals surface area contributed by atoms with Crippen LogP contribution < -0.4 is 0 Å². The van der Waals surface area contributed by atoms with Gasteiger partial charge in [-0.3, -0.25) is 9.59 Å². The number of likely N-dealkylation sites (N-methyl/N-ethyl adjacent to an activating group) is 1. The summed E-state index contributed by atoms with van der Waals surface area (Å²) in [7, 11) is 3.29. The first-order chi connectivity index (χ1) is 11.6. The maximum absolute atomic E-state index is 12.8. The minimum Gasteiger partial charge on any atom is -0.459 e. The Labute approximate surface area is 156 Å². The van der Waals surface area contributed by atoms with E-state index < -0.39 is 35.0 Å². The second-order valence-electron chi connectivity index (χ2n) is 8.75. The van der Waals surface area contributed by atoms with E-state index in [2.05, 4.69) is 0 Å². The Bertz CT molecular complexity index is 644. The smallest absolute Gasteiger partial charge is 0.335 e. The van der Waals surface area contributed by atoms with Gasteiger partial charge in [0.15, 0.2) is 0 Å². The van der Waals surface area contributed by atoms with Crippen molar-refractivity contribution in [2.75, 3.05) is 14.1 Å². The summed E-state index contributed by atoms with van der Waals surface area (Å²) in [6, 6.07) is 0. The number of rotatable bonds is 3. The van der Waals surface area contributed by atoms with E-state index in [0.29, 0.717) is 5.57 Å². The lowest BCUT2D eigenvalue weighted by molar-refractivity contribution is -0.163. The lowest BCUT2D eigenvalue weighted by Gasteiger charge is -2.32. The highest BCUT2D eigenvalue weighted by Gasteiger charge is 2.42. The second-order valence-corrected chi connectivity index (χ2v) is 8.75. The molecule has 0 saturated heterocycles. The van der Waals surface area contributed by atoms with Gasteiger partial charge in [-0.1, -0.05) is 19.1 Å². The molecule has 0 aromatic heterocycles. The summed E-state index contributed by atoms with van der Waals surface area (Å²) in [5.41, 5.74) is -0.735. The fraction of sp³-hybridized carbons (Fsp3) is 0.650. The molecular formula is C20H31NO5. The first-order valence-corrected chi connectivity index (χ1v) is 8.73. The van der Waals surface area contributed by atoms with Crippen molar-refractivity contribution in [3.63, 3.8) is 0 Å². The standard InChI is InChI=1S/C20H31NO5/c1-12-13(16(22)21(8)9)10-11-14(17(23)25-19(2,3)4)15(12)18(24)26-20(5,6)7/h10-12,15H,1-9H3/t12-,15+/m1/s1. The van der Waals surface area contributed by atoms with Crippen LogP contribution in [0.4, 0.5) is 0 Å². The minimum atomic E-state index is -0.895. The van der Waals surface area contributed by atoms with Crippen molar-refractivity contribution in [2.45, 2.75) is 59.7 Å². The molecule has 26 heavy (non-hydrogen) atoms. The average molecular weight is 365 g/mol. The molecule has 0 heterocycles. The van der Waals surface area contributed by atoms with Gasteiger partial charge in [-0.05, 0) is 41.5 Å². The van der Waals surface area contributed by atoms with Gasteiger partial charge in [0.1, 0.15) is 11.2 Å². The topological polar surface area (TPSA) is 72.9 Å². The molecule has 0 aliphatic heterocycles. The van der Waals surface area contributed by atoms with E-state index in [0.717, 1.165) is 0 Å². The Hall–Kier alpha value is -2.11. The molecule has 146 valence electrons. The van der Waals surface area contributed by atoms with Crippen molar-refractivity contribution >= 4 is 17.8 Å². The molecule has 6 nitrogen and oxygen atoms in total. The zero-order valence-electron chi connectivity index (χ0n) is 17.3. The lowest BCUT2D eigenvalue weighted by Crippen LogP contribution is -2.40. The molecule has 0 aromatic carbocycles. The van der Waals surface area contributed by atoms with E-state index in [1.165, 1.54) is 11.0 Å². The molecule has 1 amide bonds. The van der Waals surface area contributed by atoms with Crippen LogP contribution in [0.5, 0.6) is 0 Å². The van der Waals surface area contributed by atoms with Gasteiger partial charge in [-0.2, -0.15) is 0 Å². The van der Waals surface area contributed by atoms with Crippen LogP contribution in [-0.2, 0) is 23.9 Å². The van der Waals surface area contributed by atoms with Crippen LogP contribution in [-0.4, -0.2) is 48.0 Å². The van der Waals surface area contributed by atoms with Gasteiger partial charge in [0.05, 0.1) is 11.5 Å². The third-order valence-corrected chi connectivity index (χ3v) is 3.72. The molecule has 6 heteroatoms. The van der Waals surface area contributed by atoms with Crippen LogP contribution in [0, 0.1) is 11.8 Å². The number of allylic oxidation sites excluding steroid dienone is 2. The quantitative estimate of drug-likeness (QED) is 0.719. The van der Waals surface area contributed by atoms with Crippen molar-refractivity contribution in [3.8, 4) is 0 Å². The van der Waals surface area contributed by atoms with Crippen LogP contribution in [0.15, 0.2) is 23.3 Å². The van der Waals surface area contributed by atoms with Gasteiger partial charge in [0, 0.05) is 25.6 Å². The third-order valence-electron chi connectivity index (χ3n) is 3.72. The van der Waals surface area contributed by atoms with Gasteiger partial charge in [0.2, 0.25) is 5.91 Å². The Kier molecular flexibility index (Phi) is 6.44. The molecule has 0 spiro atoms. The second kappa shape index (κ2) is 7.64. The number of nitrogens with zero attached hydrogens (tertiary/aromatic N) is 1. The van der Waals surface area contributed by atoms with E-state index >= 15 is 0 Å². The molecule has 0 bridgehead atoms. The Morgan fingerprint density at radius 1 is 0.885 bits per heavy atom. The molecule has 0 aromatic rings. The summed E-state index contributed by atoms with van der Waals surface area (Å²) in [6.07, 6.45) is 3.09. The average Bonchev–Trinajstić information content (AvgIpc) is 2.41. The van der Waals surface area contributed by atoms with Crippen molar-refractivity contribution in [3.05, 3.63) is 23.3 Å². The number of ether oxygens (including phenoxy) is 2. The van der Waals surface area contributed by atoms with Crippen molar-refractivity contribution < 1.29 is 23.9 Å². The summed E-state index contributed by atoms with van der Waals surface area (Å²) in [5.74, 6) is -2.72. The molecule has 1 rings (SSSR count). The molecule has 1 aliphatic rings. The summed E-state index contributed by atoms with van der Waals surface area (Å²) < 4.78 is 10.9. The fourth-order valence-corrected chi connectivity index (χ4v) is 2.64. The number of hydrogen-bond donors (Lipinski definition) is 0. The molecule has 0 N–H and O–H groups in total. The van der Waals surface area contributed by atoms with Crippen LogP contribution in [0.1, 0.15) is 48.5 Å². The molecule has 2 atom stereocenters. The number of carbonyl (C=O) groups excluding carboxylic acids is 3. The Balaban J connectivity index is 3.33. The van der Waals surface area contributed by atoms with Crippen molar-refractivity contribution in [1.29, 1.82) is 0 Å². The van der Waals surface area contributed by atoms with E-state index in [9.17, 15) is 14.4 Å². The Morgan fingerprint density at radius 3 is 1.77 bits per heavy atom. The maximum atomic E-state index is 12.8. The van der Waals surface area contributed by atoms with Crippen molar-refractivity contribution in [1.82, 2.24) is 4.90 Å². The van der Waals surface area contributed by atoms with Gasteiger partial charge in [0.25, 0.3) is 0 Å². The molecule has 0 unspecified atom stereocenters. The Morgan fingerprint density at radius 2 is 1.35 bits per heavy atom. The summed E-state index contributed by atoms with van der Waals surface area (Å²) in [5, 5.41) is 0. The molecule has 1 aliphatic carbocycles. The number of amides is 1. The predicted octanol–water partition coefficient (Wildman–Crippen LogP) is 2.88. The maximum Gasteiger partial charge on any atom is 0.335 e. The van der Waals surface area contributed by atoms with E-state index in [4.69, 9.17) is 9.47 Å². The zero-order chi connectivity index (χ0) is 20.4. The zero-order valence-corrected chi connectivity index (χ0v) is 17.3. The van der Waals surface area contributed by atoms with Gasteiger partial charge < -0.3 is 14.4 Å². The van der Waals surface area contributed by atoms with Gasteiger partial charge >= 0.3 is 11.9 Å². The highest BCUT2D eigenvalue weighted by atomic mass is 16.6. The minimum absolute atomic E-state index is 0.203. The summed E-state index contributed by atoms with van der Waals surface area (Å²) in [6.45, 7) is 12.3. The van der Waals surface area contributed by atoms with Gasteiger partial charge in [-0.25, -0.2) is 4.79 Å². The normalized spacial score (nSPS) is 20.7. The number of esters is 2. The number of carbonyl (C=O) groups is 3. The summed E-state index contributed by atoms with van der Waals surface area (Å²) in [4.78, 5) is 39.3. The van der Waals surface area contributed by atoms with Crippen LogP contribution in [0.3, 0.4) is 0 Å². The largest absolute Gasteiger partial charge is 0.459 e. The molecular weight excluding hydrogens is 334 g/mol. The predicted molar refractivity (Wildman–Crippen MR) is 99.2 cm³/mol. The summed E-state index contributed by atoms with van der Waals surface area (Å²) >= 11 is 0. The lowest BCUT2D eigenvalue weighted by atomic mass is 9.77. The first kappa shape index (κ1) is 21.9. The molecule has 0 radical (unpaired) electrons. The monoisotopic (exact) mass is 365 g/mol. The molecule has 0 saturated carbocycles. The van der Waals surface area contributed by atoms with E-state index in [1.54, 1.807) is 68.6 Å². The van der Waals surface area contributed by atoms with Crippen LogP contribution >= 0.6 is 0 Å².